The lowest BCUT2D eigenvalue weighted by atomic mass is 10.0. The van der Waals surface area contributed by atoms with Crippen molar-refractivity contribution in [1.82, 2.24) is 9.97 Å². The lowest BCUT2D eigenvalue weighted by Crippen LogP contribution is -2.27. The van der Waals surface area contributed by atoms with Crippen LogP contribution in [0, 0.1) is 5.92 Å². The molecule has 0 fully saturated rings. The van der Waals surface area contributed by atoms with Gasteiger partial charge >= 0.3 is 0 Å². The fraction of sp³-hybridized carbons (Fsp3) is 0.667. The SMILES string of the molecule is CCNc1nccc(NC(CCO)C(C)C)n1. The van der Waals surface area contributed by atoms with E-state index >= 15 is 0 Å². The summed E-state index contributed by atoms with van der Waals surface area (Å²) in [5, 5.41) is 15.4. The molecule has 1 aromatic heterocycles. The maximum absolute atomic E-state index is 9.02. The summed E-state index contributed by atoms with van der Waals surface area (Å²) in [5.41, 5.74) is 0. The van der Waals surface area contributed by atoms with Gasteiger partial charge in [0.25, 0.3) is 0 Å². The molecule has 0 radical (unpaired) electrons. The van der Waals surface area contributed by atoms with Gasteiger partial charge in [0, 0.05) is 25.4 Å². The third-order valence-electron chi connectivity index (χ3n) is 2.57. The summed E-state index contributed by atoms with van der Waals surface area (Å²) < 4.78 is 0. The van der Waals surface area contributed by atoms with Gasteiger partial charge in [-0.2, -0.15) is 4.98 Å². The number of aromatic nitrogens is 2. The number of rotatable bonds is 7. The van der Waals surface area contributed by atoms with Gasteiger partial charge in [-0.3, -0.25) is 0 Å². The van der Waals surface area contributed by atoms with Gasteiger partial charge in [-0.05, 0) is 25.3 Å². The van der Waals surface area contributed by atoms with Crippen LogP contribution in [0.4, 0.5) is 11.8 Å². The summed E-state index contributed by atoms with van der Waals surface area (Å²) in [4.78, 5) is 8.47. The summed E-state index contributed by atoms with van der Waals surface area (Å²) >= 11 is 0. The number of aliphatic hydroxyl groups is 1. The lowest BCUT2D eigenvalue weighted by molar-refractivity contribution is 0.267. The minimum Gasteiger partial charge on any atom is -0.396 e. The molecule has 0 saturated heterocycles. The number of anilines is 2. The summed E-state index contributed by atoms with van der Waals surface area (Å²) in [6, 6.07) is 2.07. The van der Waals surface area contributed by atoms with Gasteiger partial charge in [0.05, 0.1) is 0 Å². The minimum absolute atomic E-state index is 0.182. The molecule has 1 rings (SSSR count). The molecule has 0 aliphatic carbocycles. The highest BCUT2D eigenvalue weighted by Gasteiger charge is 2.13. The van der Waals surface area contributed by atoms with Crippen LogP contribution in [-0.2, 0) is 0 Å². The van der Waals surface area contributed by atoms with Gasteiger partial charge in [0.1, 0.15) is 5.82 Å². The van der Waals surface area contributed by atoms with E-state index in [-0.39, 0.29) is 12.6 Å². The first-order valence-corrected chi connectivity index (χ1v) is 6.11. The molecule has 3 N–H and O–H groups in total. The third-order valence-corrected chi connectivity index (χ3v) is 2.57. The van der Waals surface area contributed by atoms with Crippen molar-refractivity contribution >= 4 is 11.8 Å². The van der Waals surface area contributed by atoms with E-state index in [4.69, 9.17) is 5.11 Å². The van der Waals surface area contributed by atoms with Gasteiger partial charge in [0.2, 0.25) is 5.95 Å². The van der Waals surface area contributed by atoms with Crippen molar-refractivity contribution in [3.05, 3.63) is 12.3 Å². The Kier molecular flexibility index (Phi) is 5.69. The molecule has 0 aliphatic heterocycles. The zero-order chi connectivity index (χ0) is 12.7. The van der Waals surface area contributed by atoms with Crippen molar-refractivity contribution in [2.75, 3.05) is 23.8 Å². The Labute approximate surface area is 103 Å². The fourth-order valence-electron chi connectivity index (χ4n) is 1.58. The maximum atomic E-state index is 9.02. The first-order chi connectivity index (χ1) is 8.17. The van der Waals surface area contributed by atoms with Crippen LogP contribution in [0.25, 0.3) is 0 Å². The van der Waals surface area contributed by atoms with E-state index < -0.39 is 0 Å². The average Bonchev–Trinajstić information content (AvgIpc) is 2.29. The van der Waals surface area contributed by atoms with E-state index in [2.05, 4.69) is 34.4 Å². The van der Waals surface area contributed by atoms with Gasteiger partial charge < -0.3 is 15.7 Å². The van der Waals surface area contributed by atoms with E-state index in [1.807, 2.05) is 13.0 Å². The molecule has 17 heavy (non-hydrogen) atoms. The van der Waals surface area contributed by atoms with Gasteiger partial charge in [-0.1, -0.05) is 13.8 Å². The monoisotopic (exact) mass is 238 g/mol. The lowest BCUT2D eigenvalue weighted by Gasteiger charge is -2.22. The van der Waals surface area contributed by atoms with Crippen LogP contribution < -0.4 is 10.6 Å². The number of hydrogen-bond acceptors (Lipinski definition) is 5. The van der Waals surface area contributed by atoms with Crippen LogP contribution >= 0.6 is 0 Å². The third kappa shape index (κ3) is 4.56. The Bertz CT molecular complexity index is 330. The average molecular weight is 238 g/mol. The number of hydrogen-bond donors (Lipinski definition) is 3. The Morgan fingerprint density at radius 2 is 2.18 bits per heavy atom. The molecule has 5 heteroatoms. The molecular formula is C12H22N4O. The molecule has 1 unspecified atom stereocenters. The summed E-state index contributed by atoms with van der Waals surface area (Å²) in [6.07, 6.45) is 2.45. The van der Waals surface area contributed by atoms with Crippen molar-refractivity contribution in [3.63, 3.8) is 0 Å². The topological polar surface area (TPSA) is 70.1 Å². The quantitative estimate of drug-likeness (QED) is 0.675. The largest absolute Gasteiger partial charge is 0.396 e. The summed E-state index contributed by atoms with van der Waals surface area (Å²) in [5.74, 6) is 1.87. The first-order valence-electron chi connectivity index (χ1n) is 6.11. The fourth-order valence-corrected chi connectivity index (χ4v) is 1.58. The Morgan fingerprint density at radius 3 is 2.76 bits per heavy atom. The molecular weight excluding hydrogens is 216 g/mol. The summed E-state index contributed by atoms with van der Waals surface area (Å²) in [7, 11) is 0. The van der Waals surface area contributed by atoms with Crippen LogP contribution in [0.15, 0.2) is 12.3 Å². The molecule has 1 aromatic rings. The van der Waals surface area contributed by atoms with E-state index in [1.54, 1.807) is 6.20 Å². The van der Waals surface area contributed by atoms with Gasteiger partial charge in [0.15, 0.2) is 0 Å². The van der Waals surface area contributed by atoms with Gasteiger partial charge in [-0.15, -0.1) is 0 Å². The van der Waals surface area contributed by atoms with E-state index in [0.717, 1.165) is 18.8 Å². The highest BCUT2D eigenvalue weighted by atomic mass is 16.3. The van der Waals surface area contributed by atoms with E-state index in [1.165, 1.54) is 0 Å². The molecule has 1 heterocycles. The minimum atomic E-state index is 0.182. The molecule has 5 nitrogen and oxygen atoms in total. The predicted octanol–water partition coefficient (Wildman–Crippen LogP) is 1.73. The second-order valence-corrected chi connectivity index (χ2v) is 4.30. The number of nitrogens with one attached hydrogen (secondary N) is 2. The van der Waals surface area contributed by atoms with E-state index in [9.17, 15) is 0 Å². The second kappa shape index (κ2) is 7.06. The second-order valence-electron chi connectivity index (χ2n) is 4.30. The molecule has 0 aromatic carbocycles. The first kappa shape index (κ1) is 13.7. The Morgan fingerprint density at radius 1 is 1.41 bits per heavy atom. The molecule has 0 aliphatic rings. The van der Waals surface area contributed by atoms with Crippen LogP contribution in [-0.4, -0.2) is 34.3 Å². The Balaban J connectivity index is 2.68. The molecule has 0 bridgehead atoms. The molecule has 0 saturated carbocycles. The molecule has 0 amide bonds. The highest BCUT2D eigenvalue weighted by Crippen LogP contribution is 2.13. The number of nitrogens with zero attached hydrogens (tertiary/aromatic N) is 2. The number of aliphatic hydroxyl groups excluding tert-OH is 1. The van der Waals surface area contributed by atoms with Crippen LogP contribution in [0.5, 0.6) is 0 Å². The molecule has 0 spiro atoms. The molecule has 1 atom stereocenters. The normalized spacial score (nSPS) is 12.5. The van der Waals surface area contributed by atoms with Crippen molar-refractivity contribution in [3.8, 4) is 0 Å². The highest BCUT2D eigenvalue weighted by molar-refractivity contribution is 5.40. The van der Waals surface area contributed by atoms with Crippen molar-refractivity contribution in [2.45, 2.75) is 33.2 Å². The van der Waals surface area contributed by atoms with Crippen LogP contribution in [0.1, 0.15) is 27.2 Å². The smallest absolute Gasteiger partial charge is 0.224 e. The van der Waals surface area contributed by atoms with Crippen molar-refractivity contribution in [2.24, 2.45) is 5.92 Å². The van der Waals surface area contributed by atoms with E-state index in [0.29, 0.717) is 11.9 Å². The zero-order valence-corrected chi connectivity index (χ0v) is 10.8. The van der Waals surface area contributed by atoms with Gasteiger partial charge in [-0.25, -0.2) is 4.98 Å². The van der Waals surface area contributed by atoms with Crippen LogP contribution in [0.2, 0.25) is 0 Å². The zero-order valence-electron chi connectivity index (χ0n) is 10.8. The Hall–Kier alpha value is -1.36. The summed E-state index contributed by atoms with van der Waals surface area (Å²) in [6.45, 7) is 7.24. The van der Waals surface area contributed by atoms with Crippen molar-refractivity contribution in [1.29, 1.82) is 0 Å². The van der Waals surface area contributed by atoms with Crippen molar-refractivity contribution < 1.29 is 5.11 Å². The molecule has 96 valence electrons. The maximum Gasteiger partial charge on any atom is 0.224 e. The predicted molar refractivity (Wildman–Crippen MR) is 70.1 cm³/mol. The van der Waals surface area contributed by atoms with Crippen LogP contribution in [0.3, 0.4) is 0 Å². The standard InChI is InChI=1S/C12H22N4O/c1-4-13-12-14-7-5-11(16-12)15-10(6-8-17)9(2)3/h5,7,9-10,17H,4,6,8H2,1-3H3,(H2,13,14,15,16).